The Morgan fingerprint density at radius 2 is 2.30 bits per heavy atom. The molecule has 0 amide bonds. The highest BCUT2D eigenvalue weighted by molar-refractivity contribution is 7.10. The number of nitrogens with zero attached hydrogens (tertiary/aromatic N) is 2. The van der Waals surface area contributed by atoms with E-state index in [0.717, 1.165) is 24.3 Å². The van der Waals surface area contributed by atoms with Crippen molar-refractivity contribution in [2.24, 2.45) is 0 Å². The number of hydrogen-bond acceptors (Lipinski definition) is 4. The fraction of sp³-hybridized carbons (Fsp3) is 0.533. The van der Waals surface area contributed by atoms with Crippen LogP contribution in [-0.4, -0.2) is 23.9 Å². The third-order valence-electron chi connectivity index (χ3n) is 3.64. The molecular formula is C15H23N3OS. The van der Waals surface area contributed by atoms with Crippen molar-refractivity contribution in [3.8, 4) is 5.75 Å². The Labute approximate surface area is 124 Å². The third kappa shape index (κ3) is 3.41. The molecule has 0 aliphatic rings. The molecule has 0 radical (unpaired) electrons. The van der Waals surface area contributed by atoms with Crippen LogP contribution in [0.5, 0.6) is 5.75 Å². The van der Waals surface area contributed by atoms with Gasteiger partial charge in [-0.2, -0.15) is 5.10 Å². The standard InChI is InChI=1S/C15H23N3OS/c1-5-11(2)18-7-6-12(17-18)8-14(16-3)15-9-13(19-4)10-20-15/h6-7,9-11,14,16H,5,8H2,1-4H3. The molecule has 2 unspecified atom stereocenters. The van der Waals surface area contributed by atoms with Gasteiger partial charge in [0.2, 0.25) is 0 Å². The summed E-state index contributed by atoms with van der Waals surface area (Å²) in [6.45, 7) is 4.37. The van der Waals surface area contributed by atoms with Crippen LogP contribution in [-0.2, 0) is 6.42 Å². The molecule has 0 spiro atoms. The summed E-state index contributed by atoms with van der Waals surface area (Å²) in [5, 5.41) is 10.1. The van der Waals surface area contributed by atoms with Crippen LogP contribution < -0.4 is 10.1 Å². The minimum atomic E-state index is 0.282. The van der Waals surface area contributed by atoms with Gasteiger partial charge in [-0.25, -0.2) is 0 Å². The number of likely N-dealkylation sites (N-methyl/N-ethyl adjacent to an activating group) is 1. The summed E-state index contributed by atoms with van der Waals surface area (Å²) in [5.74, 6) is 0.926. The third-order valence-corrected chi connectivity index (χ3v) is 4.67. The average Bonchev–Trinajstić information content (AvgIpc) is 3.12. The van der Waals surface area contributed by atoms with E-state index in [4.69, 9.17) is 4.74 Å². The van der Waals surface area contributed by atoms with Gasteiger partial charge in [-0.3, -0.25) is 4.68 Å². The first kappa shape index (κ1) is 15.1. The quantitative estimate of drug-likeness (QED) is 0.850. The molecule has 0 saturated heterocycles. The lowest BCUT2D eigenvalue weighted by Crippen LogP contribution is -2.18. The number of rotatable bonds is 7. The zero-order chi connectivity index (χ0) is 14.5. The number of hydrogen-bond donors (Lipinski definition) is 1. The Morgan fingerprint density at radius 3 is 2.90 bits per heavy atom. The molecule has 0 aliphatic carbocycles. The first-order valence-electron chi connectivity index (χ1n) is 7.01. The second kappa shape index (κ2) is 6.90. The number of methoxy groups -OCH3 is 1. The van der Waals surface area contributed by atoms with Gasteiger partial charge in [0.25, 0.3) is 0 Å². The van der Waals surface area contributed by atoms with Crippen molar-refractivity contribution in [3.63, 3.8) is 0 Å². The molecule has 110 valence electrons. The van der Waals surface area contributed by atoms with Crippen molar-refractivity contribution in [2.45, 2.75) is 38.8 Å². The summed E-state index contributed by atoms with van der Waals surface area (Å²) < 4.78 is 7.31. The van der Waals surface area contributed by atoms with E-state index in [2.05, 4.69) is 47.3 Å². The van der Waals surface area contributed by atoms with E-state index < -0.39 is 0 Å². The van der Waals surface area contributed by atoms with Gasteiger partial charge >= 0.3 is 0 Å². The summed E-state index contributed by atoms with van der Waals surface area (Å²) >= 11 is 1.72. The minimum Gasteiger partial charge on any atom is -0.496 e. The summed E-state index contributed by atoms with van der Waals surface area (Å²) in [6.07, 6.45) is 4.06. The summed E-state index contributed by atoms with van der Waals surface area (Å²) in [4.78, 5) is 1.28. The molecule has 0 bridgehead atoms. The largest absolute Gasteiger partial charge is 0.496 e. The maximum atomic E-state index is 5.25. The van der Waals surface area contributed by atoms with Crippen LogP contribution in [0, 0.1) is 0 Å². The van der Waals surface area contributed by atoms with Crippen molar-refractivity contribution in [2.75, 3.05) is 14.2 Å². The monoisotopic (exact) mass is 293 g/mol. The molecule has 2 atom stereocenters. The van der Waals surface area contributed by atoms with Gasteiger partial charge in [-0.15, -0.1) is 11.3 Å². The number of nitrogens with one attached hydrogen (secondary N) is 1. The second-order valence-electron chi connectivity index (χ2n) is 4.98. The van der Waals surface area contributed by atoms with Gasteiger partial charge in [0, 0.05) is 35.0 Å². The summed E-state index contributed by atoms with van der Waals surface area (Å²) in [6, 6.07) is 4.95. The van der Waals surface area contributed by atoms with Crippen LogP contribution in [0.15, 0.2) is 23.7 Å². The molecule has 0 fully saturated rings. The number of thiophene rings is 1. The maximum Gasteiger partial charge on any atom is 0.129 e. The Hall–Kier alpha value is -1.33. The molecule has 2 rings (SSSR count). The van der Waals surface area contributed by atoms with E-state index in [1.54, 1.807) is 18.4 Å². The normalized spacial score (nSPS) is 14.2. The molecule has 4 nitrogen and oxygen atoms in total. The zero-order valence-electron chi connectivity index (χ0n) is 12.6. The van der Waals surface area contributed by atoms with Gasteiger partial charge in [0.1, 0.15) is 5.75 Å². The number of aromatic nitrogens is 2. The van der Waals surface area contributed by atoms with Gasteiger partial charge in [-0.05, 0) is 32.5 Å². The molecule has 20 heavy (non-hydrogen) atoms. The van der Waals surface area contributed by atoms with Crippen molar-refractivity contribution < 1.29 is 4.74 Å². The van der Waals surface area contributed by atoms with E-state index in [-0.39, 0.29) is 6.04 Å². The van der Waals surface area contributed by atoms with E-state index in [9.17, 15) is 0 Å². The molecule has 2 aromatic rings. The molecule has 1 N–H and O–H groups in total. The van der Waals surface area contributed by atoms with Gasteiger partial charge in [-0.1, -0.05) is 6.92 Å². The predicted octanol–water partition coefficient (Wildman–Crippen LogP) is 3.43. The molecular weight excluding hydrogens is 270 g/mol. The highest BCUT2D eigenvalue weighted by atomic mass is 32.1. The fourth-order valence-corrected chi connectivity index (χ4v) is 3.06. The Bertz CT molecular complexity index is 535. The van der Waals surface area contributed by atoms with Crippen LogP contribution >= 0.6 is 11.3 Å². The first-order chi connectivity index (χ1) is 9.67. The van der Waals surface area contributed by atoms with Crippen molar-refractivity contribution in [3.05, 3.63) is 34.3 Å². The Balaban J connectivity index is 2.08. The molecule has 0 aliphatic heterocycles. The molecule has 2 heterocycles. The topological polar surface area (TPSA) is 39.1 Å². The lowest BCUT2D eigenvalue weighted by atomic mass is 10.1. The molecule has 5 heteroatoms. The van der Waals surface area contributed by atoms with Gasteiger partial charge in [0.05, 0.1) is 12.8 Å². The highest BCUT2D eigenvalue weighted by Crippen LogP contribution is 2.28. The molecule has 2 aromatic heterocycles. The average molecular weight is 293 g/mol. The SMILES string of the molecule is CCC(C)n1ccc(CC(NC)c2cc(OC)cs2)n1. The van der Waals surface area contributed by atoms with Gasteiger partial charge < -0.3 is 10.1 Å². The van der Waals surface area contributed by atoms with E-state index in [1.165, 1.54) is 4.88 Å². The number of ether oxygens (including phenoxy) is 1. The van der Waals surface area contributed by atoms with Crippen LogP contribution in [0.25, 0.3) is 0 Å². The summed E-state index contributed by atoms with van der Waals surface area (Å²) in [7, 11) is 3.69. The maximum absolute atomic E-state index is 5.25. The van der Waals surface area contributed by atoms with Crippen LogP contribution in [0.4, 0.5) is 0 Å². The first-order valence-corrected chi connectivity index (χ1v) is 7.89. The van der Waals surface area contributed by atoms with E-state index >= 15 is 0 Å². The predicted molar refractivity (Wildman–Crippen MR) is 83.6 cm³/mol. The van der Waals surface area contributed by atoms with Gasteiger partial charge in [0.15, 0.2) is 0 Å². The Kier molecular flexibility index (Phi) is 5.20. The van der Waals surface area contributed by atoms with E-state index in [1.807, 2.05) is 12.4 Å². The lowest BCUT2D eigenvalue weighted by Gasteiger charge is -2.13. The van der Waals surface area contributed by atoms with Crippen LogP contribution in [0.2, 0.25) is 0 Å². The Morgan fingerprint density at radius 1 is 1.50 bits per heavy atom. The zero-order valence-corrected chi connectivity index (χ0v) is 13.4. The smallest absolute Gasteiger partial charge is 0.129 e. The van der Waals surface area contributed by atoms with Crippen molar-refractivity contribution in [1.29, 1.82) is 0 Å². The minimum absolute atomic E-state index is 0.282. The summed E-state index contributed by atoms with van der Waals surface area (Å²) in [5.41, 5.74) is 1.12. The fourth-order valence-electron chi connectivity index (χ4n) is 2.10. The molecule has 0 saturated carbocycles. The van der Waals surface area contributed by atoms with Crippen molar-refractivity contribution >= 4 is 11.3 Å². The van der Waals surface area contributed by atoms with Crippen LogP contribution in [0.1, 0.15) is 42.9 Å². The van der Waals surface area contributed by atoms with E-state index in [0.29, 0.717) is 6.04 Å². The molecule has 0 aromatic carbocycles. The second-order valence-corrected chi connectivity index (χ2v) is 5.92. The van der Waals surface area contributed by atoms with Crippen molar-refractivity contribution in [1.82, 2.24) is 15.1 Å². The lowest BCUT2D eigenvalue weighted by molar-refractivity contribution is 0.416. The van der Waals surface area contributed by atoms with Crippen LogP contribution in [0.3, 0.4) is 0 Å². The highest BCUT2D eigenvalue weighted by Gasteiger charge is 2.15.